The normalized spacial score (nSPS) is 18.9. The average molecular weight is 253 g/mol. The first-order valence-corrected chi connectivity index (χ1v) is 6.57. The number of likely N-dealkylation sites (N-methyl/N-ethyl adjacent to an activating group) is 1. The molecule has 0 bridgehead atoms. The number of amides is 2. The molecule has 2 rings (SSSR count). The first-order valence-electron chi connectivity index (χ1n) is 4.93. The van der Waals surface area contributed by atoms with Gasteiger partial charge in [-0.05, 0) is 43.8 Å². The fraction of sp³-hybridized carbons (Fsp3) is 0.273. The lowest BCUT2D eigenvalue weighted by atomic mass is 10.3. The summed E-state index contributed by atoms with van der Waals surface area (Å²) in [5.41, 5.74) is 0. The molecule has 0 atom stereocenters. The number of aryl methyl sites for hydroxylation is 1. The van der Waals surface area contributed by atoms with Crippen molar-refractivity contribution in [2.75, 3.05) is 6.54 Å². The van der Waals surface area contributed by atoms with Crippen molar-refractivity contribution in [1.29, 1.82) is 0 Å². The molecule has 84 valence electrons. The summed E-state index contributed by atoms with van der Waals surface area (Å²) >= 11 is 2.63. The lowest BCUT2D eigenvalue weighted by Crippen LogP contribution is -2.27. The highest BCUT2D eigenvalue weighted by molar-refractivity contribution is 8.18. The van der Waals surface area contributed by atoms with Gasteiger partial charge in [-0.1, -0.05) is 0 Å². The van der Waals surface area contributed by atoms with Gasteiger partial charge in [-0.2, -0.15) is 0 Å². The minimum atomic E-state index is -0.177. The predicted octanol–water partition coefficient (Wildman–Crippen LogP) is 3.11. The Morgan fingerprint density at radius 1 is 1.38 bits per heavy atom. The number of hydrogen-bond donors (Lipinski definition) is 0. The van der Waals surface area contributed by atoms with Gasteiger partial charge in [0.05, 0.1) is 4.91 Å². The maximum atomic E-state index is 11.8. The highest BCUT2D eigenvalue weighted by Crippen LogP contribution is 2.33. The molecule has 0 saturated carbocycles. The molecule has 0 N–H and O–H groups in total. The van der Waals surface area contributed by atoms with Crippen LogP contribution in [0, 0.1) is 6.92 Å². The molecular formula is C11H11NO2S2. The Balaban J connectivity index is 2.27. The van der Waals surface area contributed by atoms with Gasteiger partial charge >= 0.3 is 0 Å². The summed E-state index contributed by atoms with van der Waals surface area (Å²) in [6.45, 7) is 4.25. The molecule has 1 fully saturated rings. The number of imide groups is 1. The maximum Gasteiger partial charge on any atom is 0.293 e. The molecule has 0 aliphatic carbocycles. The summed E-state index contributed by atoms with van der Waals surface area (Å²) in [5.74, 6) is -0.177. The van der Waals surface area contributed by atoms with E-state index in [0.29, 0.717) is 11.4 Å². The number of thioether (sulfide) groups is 1. The minimum absolute atomic E-state index is 0.174. The molecule has 1 saturated heterocycles. The number of hydrogen-bond acceptors (Lipinski definition) is 4. The van der Waals surface area contributed by atoms with E-state index in [2.05, 4.69) is 0 Å². The standard InChI is InChI=1S/C11H11NO2S2/c1-3-12-10(13)9(16-11(12)14)6-8-5-4-7(2)15-8/h4-6H,3H2,1-2H3/b9-6+. The molecule has 0 spiro atoms. The third-order valence-electron chi connectivity index (χ3n) is 2.22. The van der Waals surface area contributed by atoms with Gasteiger partial charge in [0.2, 0.25) is 0 Å². The van der Waals surface area contributed by atoms with Crippen molar-refractivity contribution < 1.29 is 9.59 Å². The van der Waals surface area contributed by atoms with E-state index in [0.717, 1.165) is 16.6 Å². The Bertz CT molecular complexity index is 476. The van der Waals surface area contributed by atoms with Crippen LogP contribution in [0.1, 0.15) is 16.7 Å². The minimum Gasteiger partial charge on any atom is -0.269 e. The molecule has 5 heteroatoms. The monoisotopic (exact) mass is 253 g/mol. The smallest absolute Gasteiger partial charge is 0.269 e. The third kappa shape index (κ3) is 2.05. The van der Waals surface area contributed by atoms with Crippen molar-refractivity contribution in [2.24, 2.45) is 0 Å². The van der Waals surface area contributed by atoms with Crippen LogP contribution in [0.25, 0.3) is 6.08 Å². The van der Waals surface area contributed by atoms with E-state index in [1.54, 1.807) is 24.3 Å². The molecular weight excluding hydrogens is 242 g/mol. The first kappa shape index (κ1) is 11.4. The van der Waals surface area contributed by atoms with Gasteiger partial charge in [-0.15, -0.1) is 11.3 Å². The quantitative estimate of drug-likeness (QED) is 0.760. The molecule has 0 aromatic carbocycles. The van der Waals surface area contributed by atoms with Gasteiger partial charge < -0.3 is 0 Å². The summed E-state index contributed by atoms with van der Waals surface area (Å²) in [7, 11) is 0. The van der Waals surface area contributed by atoms with Crippen molar-refractivity contribution in [1.82, 2.24) is 4.90 Å². The van der Waals surface area contributed by atoms with Crippen molar-refractivity contribution in [3.05, 3.63) is 26.8 Å². The Hall–Kier alpha value is -1.07. The van der Waals surface area contributed by atoms with Crippen LogP contribution in [0.15, 0.2) is 17.0 Å². The van der Waals surface area contributed by atoms with Crippen LogP contribution in [0.4, 0.5) is 4.79 Å². The number of nitrogens with zero attached hydrogens (tertiary/aromatic N) is 1. The Morgan fingerprint density at radius 2 is 2.12 bits per heavy atom. The highest BCUT2D eigenvalue weighted by atomic mass is 32.2. The summed E-state index contributed by atoms with van der Waals surface area (Å²) < 4.78 is 0. The van der Waals surface area contributed by atoms with E-state index < -0.39 is 0 Å². The van der Waals surface area contributed by atoms with Crippen LogP contribution in [-0.4, -0.2) is 22.6 Å². The summed E-state index contributed by atoms with van der Waals surface area (Å²) in [5, 5.41) is -0.174. The Morgan fingerprint density at radius 3 is 2.62 bits per heavy atom. The van der Waals surface area contributed by atoms with Crippen LogP contribution in [0.3, 0.4) is 0 Å². The van der Waals surface area contributed by atoms with Crippen LogP contribution in [0.5, 0.6) is 0 Å². The van der Waals surface area contributed by atoms with Gasteiger partial charge in [0.1, 0.15) is 0 Å². The van der Waals surface area contributed by atoms with Crippen LogP contribution >= 0.6 is 23.1 Å². The van der Waals surface area contributed by atoms with Gasteiger partial charge in [0, 0.05) is 16.3 Å². The second-order valence-corrected chi connectivity index (χ2v) is 5.69. The lowest BCUT2D eigenvalue weighted by molar-refractivity contribution is -0.122. The zero-order chi connectivity index (χ0) is 11.7. The Labute approximate surface area is 102 Å². The van der Waals surface area contributed by atoms with Gasteiger partial charge in [-0.3, -0.25) is 14.5 Å². The second-order valence-electron chi connectivity index (χ2n) is 3.37. The second kappa shape index (κ2) is 4.43. The zero-order valence-corrected chi connectivity index (χ0v) is 10.7. The van der Waals surface area contributed by atoms with Crippen LogP contribution in [0.2, 0.25) is 0 Å². The fourth-order valence-electron chi connectivity index (χ4n) is 1.43. The summed E-state index contributed by atoms with van der Waals surface area (Å²) in [4.78, 5) is 27.2. The fourth-order valence-corrected chi connectivity index (χ4v) is 3.22. The molecule has 2 amide bonds. The van der Waals surface area contributed by atoms with E-state index >= 15 is 0 Å². The lowest BCUT2D eigenvalue weighted by Gasteiger charge is -2.06. The molecule has 16 heavy (non-hydrogen) atoms. The molecule has 1 aliphatic rings. The van der Waals surface area contributed by atoms with Gasteiger partial charge in [0.15, 0.2) is 0 Å². The van der Waals surface area contributed by atoms with Gasteiger partial charge in [0.25, 0.3) is 11.1 Å². The number of thiophene rings is 1. The molecule has 0 radical (unpaired) electrons. The molecule has 1 aliphatic heterocycles. The molecule has 3 nitrogen and oxygen atoms in total. The molecule has 1 aromatic heterocycles. The zero-order valence-electron chi connectivity index (χ0n) is 9.02. The molecule has 1 aromatic rings. The largest absolute Gasteiger partial charge is 0.293 e. The topological polar surface area (TPSA) is 37.4 Å². The third-order valence-corrected chi connectivity index (χ3v) is 4.08. The van der Waals surface area contributed by atoms with E-state index in [9.17, 15) is 9.59 Å². The predicted molar refractivity (Wildman–Crippen MR) is 67.4 cm³/mol. The number of carbonyl (C=O) groups is 2. The first-order chi connectivity index (χ1) is 7.61. The Kier molecular flexibility index (Phi) is 3.16. The summed E-state index contributed by atoms with van der Waals surface area (Å²) in [6, 6.07) is 3.96. The number of rotatable bonds is 2. The highest BCUT2D eigenvalue weighted by Gasteiger charge is 2.33. The maximum absolute atomic E-state index is 11.8. The molecule has 0 unspecified atom stereocenters. The van der Waals surface area contributed by atoms with Crippen molar-refractivity contribution in [2.45, 2.75) is 13.8 Å². The average Bonchev–Trinajstić information content (AvgIpc) is 2.74. The molecule has 2 heterocycles. The van der Waals surface area contributed by atoms with E-state index in [4.69, 9.17) is 0 Å². The van der Waals surface area contributed by atoms with E-state index in [-0.39, 0.29) is 11.1 Å². The summed E-state index contributed by atoms with van der Waals surface area (Å²) in [6.07, 6.45) is 1.79. The van der Waals surface area contributed by atoms with E-state index in [1.807, 2.05) is 19.1 Å². The SMILES string of the molecule is CCN1C(=O)S/C(=C/c2ccc(C)s2)C1=O. The van der Waals surface area contributed by atoms with Crippen molar-refractivity contribution >= 4 is 40.3 Å². The van der Waals surface area contributed by atoms with Crippen molar-refractivity contribution in [3.8, 4) is 0 Å². The van der Waals surface area contributed by atoms with Crippen molar-refractivity contribution in [3.63, 3.8) is 0 Å². The van der Waals surface area contributed by atoms with E-state index in [1.165, 1.54) is 9.78 Å². The van der Waals surface area contributed by atoms with Crippen LogP contribution in [-0.2, 0) is 4.79 Å². The van der Waals surface area contributed by atoms with Gasteiger partial charge in [-0.25, -0.2) is 0 Å². The number of carbonyl (C=O) groups excluding carboxylic acids is 2. The van der Waals surface area contributed by atoms with Crippen LogP contribution < -0.4 is 0 Å².